The molecule has 3 nitrogen and oxygen atoms in total. The predicted molar refractivity (Wildman–Crippen MR) is 51.8 cm³/mol. The number of aliphatic hydroxyl groups excluding tert-OH is 1. The zero-order valence-electron chi connectivity index (χ0n) is 6.07. The molecule has 0 fully saturated rings. The van der Waals surface area contributed by atoms with Gasteiger partial charge >= 0.3 is 5.97 Å². The van der Waals surface area contributed by atoms with Gasteiger partial charge in [0.15, 0.2) is 6.10 Å². The molecular weight excluding hydrogens is 271 g/mol. The van der Waals surface area contributed by atoms with Gasteiger partial charge in [-0.25, -0.2) is 4.79 Å². The molecule has 1 aromatic rings. The van der Waals surface area contributed by atoms with Crippen molar-refractivity contribution in [1.29, 1.82) is 0 Å². The van der Waals surface area contributed by atoms with Crippen LogP contribution in [0.3, 0.4) is 0 Å². The van der Waals surface area contributed by atoms with Gasteiger partial charge in [-0.15, -0.1) is 0 Å². The molecule has 1 atom stereocenters. The van der Waals surface area contributed by atoms with Gasteiger partial charge in [0, 0.05) is 3.57 Å². The summed E-state index contributed by atoms with van der Waals surface area (Å²) in [5.74, 6) is -1.22. The lowest BCUT2D eigenvalue weighted by Gasteiger charge is -2.04. The standard InChI is InChI=1S/C8H7IO3/c9-6-3-1-2-5(4-6)7(10)8(11)12/h1-4,7,10H,(H,11,12)/t7-/m1/s1. The van der Waals surface area contributed by atoms with E-state index in [4.69, 9.17) is 10.2 Å². The van der Waals surface area contributed by atoms with E-state index in [1.165, 1.54) is 0 Å². The molecule has 64 valence electrons. The minimum absolute atomic E-state index is 0.411. The number of rotatable bonds is 2. The number of carboxylic acids is 1. The summed E-state index contributed by atoms with van der Waals surface area (Å²) in [7, 11) is 0. The monoisotopic (exact) mass is 278 g/mol. The zero-order valence-corrected chi connectivity index (χ0v) is 8.22. The summed E-state index contributed by atoms with van der Waals surface area (Å²) in [6.07, 6.45) is -1.42. The highest BCUT2D eigenvalue weighted by atomic mass is 127. The molecule has 0 aliphatic heterocycles. The van der Waals surface area contributed by atoms with Crippen molar-refractivity contribution in [2.75, 3.05) is 0 Å². The first-order valence-corrected chi connectivity index (χ1v) is 4.35. The molecule has 0 bridgehead atoms. The van der Waals surface area contributed by atoms with Gasteiger partial charge in [0.2, 0.25) is 0 Å². The van der Waals surface area contributed by atoms with E-state index < -0.39 is 12.1 Å². The molecule has 0 saturated heterocycles. The second-order valence-corrected chi connectivity index (χ2v) is 3.54. The van der Waals surface area contributed by atoms with Crippen molar-refractivity contribution in [3.8, 4) is 0 Å². The lowest BCUT2D eigenvalue weighted by atomic mass is 10.1. The molecule has 0 unspecified atom stereocenters. The van der Waals surface area contributed by atoms with Gasteiger partial charge in [0.25, 0.3) is 0 Å². The summed E-state index contributed by atoms with van der Waals surface area (Å²) in [5, 5.41) is 17.6. The first kappa shape index (κ1) is 9.47. The minimum atomic E-state index is -1.42. The van der Waals surface area contributed by atoms with Gasteiger partial charge in [-0.2, -0.15) is 0 Å². The van der Waals surface area contributed by atoms with Crippen molar-refractivity contribution in [3.63, 3.8) is 0 Å². The molecule has 0 spiro atoms. The van der Waals surface area contributed by atoms with E-state index in [0.717, 1.165) is 3.57 Å². The van der Waals surface area contributed by atoms with Crippen LogP contribution >= 0.6 is 22.6 Å². The van der Waals surface area contributed by atoms with Gasteiger partial charge in [0.05, 0.1) is 0 Å². The molecule has 12 heavy (non-hydrogen) atoms. The number of hydrogen-bond acceptors (Lipinski definition) is 2. The molecule has 0 radical (unpaired) electrons. The highest BCUT2D eigenvalue weighted by Crippen LogP contribution is 2.15. The van der Waals surface area contributed by atoms with Crippen molar-refractivity contribution in [2.45, 2.75) is 6.10 Å². The van der Waals surface area contributed by atoms with E-state index in [0.29, 0.717) is 5.56 Å². The van der Waals surface area contributed by atoms with Crippen molar-refractivity contribution in [3.05, 3.63) is 33.4 Å². The topological polar surface area (TPSA) is 57.5 Å². The number of halogens is 1. The van der Waals surface area contributed by atoms with Crippen LogP contribution in [-0.4, -0.2) is 16.2 Å². The third-order valence-corrected chi connectivity index (χ3v) is 2.07. The molecule has 1 rings (SSSR count). The van der Waals surface area contributed by atoms with E-state index in [-0.39, 0.29) is 0 Å². The van der Waals surface area contributed by atoms with Crippen LogP contribution in [-0.2, 0) is 4.79 Å². The van der Waals surface area contributed by atoms with Crippen LogP contribution in [0.4, 0.5) is 0 Å². The fourth-order valence-corrected chi connectivity index (χ4v) is 1.39. The predicted octanol–water partition coefficient (Wildman–Crippen LogP) is 1.41. The molecule has 0 heterocycles. The van der Waals surface area contributed by atoms with Gasteiger partial charge in [0.1, 0.15) is 0 Å². The maximum Gasteiger partial charge on any atom is 0.337 e. The van der Waals surface area contributed by atoms with Gasteiger partial charge in [-0.05, 0) is 40.3 Å². The number of aliphatic carboxylic acids is 1. The summed E-state index contributed by atoms with van der Waals surface area (Å²) in [6, 6.07) is 6.77. The highest BCUT2D eigenvalue weighted by molar-refractivity contribution is 14.1. The summed E-state index contributed by atoms with van der Waals surface area (Å²) in [4.78, 5) is 10.4. The Kier molecular flexibility index (Phi) is 3.05. The van der Waals surface area contributed by atoms with E-state index in [1.807, 2.05) is 6.07 Å². The Morgan fingerprint density at radius 1 is 1.50 bits per heavy atom. The molecule has 0 saturated carbocycles. The lowest BCUT2D eigenvalue weighted by Crippen LogP contribution is -2.10. The average Bonchev–Trinajstić information content (AvgIpc) is 2.03. The Morgan fingerprint density at radius 3 is 2.67 bits per heavy atom. The smallest absolute Gasteiger partial charge is 0.337 e. The van der Waals surface area contributed by atoms with Crippen LogP contribution < -0.4 is 0 Å². The minimum Gasteiger partial charge on any atom is -0.479 e. The Morgan fingerprint density at radius 2 is 2.17 bits per heavy atom. The van der Waals surface area contributed by atoms with Gasteiger partial charge in [-0.3, -0.25) is 0 Å². The van der Waals surface area contributed by atoms with Crippen LogP contribution in [0.5, 0.6) is 0 Å². The molecule has 2 N–H and O–H groups in total. The van der Waals surface area contributed by atoms with Crippen molar-refractivity contribution >= 4 is 28.6 Å². The highest BCUT2D eigenvalue weighted by Gasteiger charge is 2.15. The Bertz CT molecular complexity index is 298. The SMILES string of the molecule is O=C(O)[C@H](O)c1cccc(I)c1. The maximum atomic E-state index is 10.4. The summed E-state index contributed by atoms with van der Waals surface area (Å²) < 4.78 is 0.908. The van der Waals surface area contributed by atoms with E-state index in [2.05, 4.69) is 22.6 Å². The van der Waals surface area contributed by atoms with E-state index >= 15 is 0 Å². The summed E-state index contributed by atoms with van der Waals surface area (Å²) in [5.41, 5.74) is 0.411. The van der Waals surface area contributed by atoms with E-state index in [9.17, 15) is 4.79 Å². The number of benzene rings is 1. The number of hydrogen-bond donors (Lipinski definition) is 2. The number of carbonyl (C=O) groups is 1. The molecule has 1 aromatic carbocycles. The van der Waals surface area contributed by atoms with Crippen LogP contribution in [0, 0.1) is 3.57 Å². The largest absolute Gasteiger partial charge is 0.479 e. The first-order chi connectivity index (χ1) is 5.61. The van der Waals surface area contributed by atoms with Crippen molar-refractivity contribution in [2.24, 2.45) is 0 Å². The van der Waals surface area contributed by atoms with Gasteiger partial charge in [-0.1, -0.05) is 12.1 Å². The molecule has 0 aromatic heterocycles. The van der Waals surface area contributed by atoms with Gasteiger partial charge < -0.3 is 10.2 Å². The average molecular weight is 278 g/mol. The van der Waals surface area contributed by atoms with Crippen LogP contribution in [0.15, 0.2) is 24.3 Å². The van der Waals surface area contributed by atoms with E-state index in [1.54, 1.807) is 18.2 Å². The fraction of sp³-hybridized carbons (Fsp3) is 0.125. The third kappa shape index (κ3) is 2.18. The Hall–Kier alpha value is -0.620. The van der Waals surface area contributed by atoms with Crippen LogP contribution in [0.2, 0.25) is 0 Å². The van der Waals surface area contributed by atoms with Crippen molar-refractivity contribution < 1.29 is 15.0 Å². The summed E-state index contributed by atoms with van der Waals surface area (Å²) in [6.45, 7) is 0. The summed E-state index contributed by atoms with van der Waals surface area (Å²) >= 11 is 2.06. The molecule has 4 heteroatoms. The number of carboxylic acid groups (broad SMARTS) is 1. The third-order valence-electron chi connectivity index (χ3n) is 1.40. The maximum absolute atomic E-state index is 10.4. The normalized spacial score (nSPS) is 12.5. The second kappa shape index (κ2) is 3.86. The van der Waals surface area contributed by atoms with Crippen LogP contribution in [0.1, 0.15) is 11.7 Å². The molecule has 0 aliphatic carbocycles. The molecule has 0 amide bonds. The quantitative estimate of drug-likeness (QED) is 0.804. The lowest BCUT2D eigenvalue weighted by molar-refractivity contribution is -0.146. The fourth-order valence-electron chi connectivity index (χ4n) is 0.819. The number of aliphatic hydroxyl groups is 1. The first-order valence-electron chi connectivity index (χ1n) is 3.27. The molecular formula is C8H7IO3. The second-order valence-electron chi connectivity index (χ2n) is 2.30. The Labute approximate surface area is 83.2 Å². The molecule has 0 aliphatic rings. The van der Waals surface area contributed by atoms with Crippen molar-refractivity contribution in [1.82, 2.24) is 0 Å². The van der Waals surface area contributed by atoms with Crippen LogP contribution in [0.25, 0.3) is 0 Å². The Balaban J connectivity index is 2.95. The zero-order chi connectivity index (χ0) is 9.14.